The summed E-state index contributed by atoms with van der Waals surface area (Å²) >= 11 is 0. The third-order valence-electron chi connectivity index (χ3n) is 4.30. The molecular formula is C21H21NO5. The van der Waals surface area contributed by atoms with Gasteiger partial charge in [-0.1, -0.05) is 29.3 Å². The number of carbonyl (C=O) groups excluding carboxylic acids is 3. The van der Waals surface area contributed by atoms with Crippen LogP contribution in [0.25, 0.3) is 0 Å². The first kappa shape index (κ1) is 18.6. The van der Waals surface area contributed by atoms with E-state index in [0.717, 1.165) is 16.0 Å². The average Bonchev–Trinajstić information content (AvgIpc) is 2.88. The lowest BCUT2D eigenvalue weighted by Gasteiger charge is -2.13. The van der Waals surface area contributed by atoms with Gasteiger partial charge in [0.15, 0.2) is 0 Å². The summed E-state index contributed by atoms with van der Waals surface area (Å²) in [6.07, 6.45) is -0.0466. The van der Waals surface area contributed by atoms with Crippen molar-refractivity contribution in [1.29, 1.82) is 0 Å². The molecule has 0 aromatic heterocycles. The van der Waals surface area contributed by atoms with E-state index in [9.17, 15) is 14.4 Å². The maximum atomic E-state index is 12.3. The van der Waals surface area contributed by atoms with Gasteiger partial charge in [0, 0.05) is 6.54 Å². The van der Waals surface area contributed by atoms with Gasteiger partial charge in [0.2, 0.25) is 0 Å². The van der Waals surface area contributed by atoms with Gasteiger partial charge in [0.05, 0.1) is 17.5 Å². The Kier molecular flexibility index (Phi) is 5.54. The normalized spacial score (nSPS) is 12.9. The molecule has 0 spiro atoms. The zero-order chi connectivity index (χ0) is 19.4. The van der Waals surface area contributed by atoms with Crippen LogP contribution in [0.2, 0.25) is 0 Å². The van der Waals surface area contributed by atoms with Gasteiger partial charge in [-0.2, -0.15) is 0 Å². The van der Waals surface area contributed by atoms with Crippen LogP contribution in [-0.4, -0.2) is 42.4 Å². The van der Waals surface area contributed by atoms with Crippen LogP contribution in [0.5, 0.6) is 5.75 Å². The van der Waals surface area contributed by atoms with Crippen molar-refractivity contribution in [3.8, 4) is 5.75 Å². The number of hydrogen-bond acceptors (Lipinski definition) is 5. The summed E-state index contributed by atoms with van der Waals surface area (Å²) in [6.45, 7) is 4.19. The fourth-order valence-electron chi connectivity index (χ4n) is 2.83. The standard InChI is InChI=1S/C21H21NO5/c1-14-3-6-16(7-4-14)26-11-12-27-19(23)9-10-22-20(24)17-8-5-15(2)13-18(17)21(22)25/h3-8,13H,9-12H2,1-2H3. The number of ether oxygens (including phenoxy) is 2. The van der Waals surface area contributed by atoms with Crippen LogP contribution in [0, 0.1) is 13.8 Å². The van der Waals surface area contributed by atoms with Crippen molar-refractivity contribution in [2.45, 2.75) is 20.3 Å². The second kappa shape index (κ2) is 8.03. The van der Waals surface area contributed by atoms with Gasteiger partial charge >= 0.3 is 5.97 Å². The molecule has 0 fully saturated rings. The van der Waals surface area contributed by atoms with Crippen molar-refractivity contribution in [3.63, 3.8) is 0 Å². The van der Waals surface area contributed by atoms with Gasteiger partial charge in [0.1, 0.15) is 19.0 Å². The predicted molar refractivity (Wildman–Crippen MR) is 98.8 cm³/mol. The van der Waals surface area contributed by atoms with Crippen LogP contribution in [0.1, 0.15) is 38.3 Å². The van der Waals surface area contributed by atoms with E-state index in [0.29, 0.717) is 16.9 Å². The van der Waals surface area contributed by atoms with Crippen LogP contribution in [0.15, 0.2) is 42.5 Å². The van der Waals surface area contributed by atoms with E-state index < -0.39 is 5.97 Å². The van der Waals surface area contributed by atoms with E-state index in [1.54, 1.807) is 18.2 Å². The molecule has 0 radical (unpaired) electrons. The van der Waals surface area contributed by atoms with E-state index in [1.165, 1.54) is 0 Å². The highest BCUT2D eigenvalue weighted by atomic mass is 16.6. The molecule has 1 aliphatic heterocycles. The second-order valence-corrected chi connectivity index (χ2v) is 6.44. The van der Waals surface area contributed by atoms with E-state index in [-0.39, 0.29) is 38.0 Å². The molecule has 0 saturated carbocycles. The molecule has 0 saturated heterocycles. The molecule has 0 atom stereocenters. The molecule has 27 heavy (non-hydrogen) atoms. The average molecular weight is 367 g/mol. The van der Waals surface area contributed by atoms with Crippen LogP contribution < -0.4 is 4.74 Å². The second-order valence-electron chi connectivity index (χ2n) is 6.44. The number of rotatable bonds is 7. The highest BCUT2D eigenvalue weighted by Crippen LogP contribution is 2.24. The first-order valence-corrected chi connectivity index (χ1v) is 8.77. The number of nitrogens with zero attached hydrogens (tertiary/aromatic N) is 1. The zero-order valence-electron chi connectivity index (χ0n) is 15.4. The van der Waals surface area contributed by atoms with Gasteiger partial charge in [-0.05, 0) is 38.1 Å². The number of hydrogen-bond donors (Lipinski definition) is 0. The monoisotopic (exact) mass is 367 g/mol. The van der Waals surface area contributed by atoms with Crippen molar-refractivity contribution in [3.05, 3.63) is 64.7 Å². The number of aryl methyl sites for hydroxylation is 2. The Hall–Kier alpha value is -3.15. The van der Waals surface area contributed by atoms with Gasteiger partial charge in [-0.15, -0.1) is 0 Å². The largest absolute Gasteiger partial charge is 0.490 e. The van der Waals surface area contributed by atoms with E-state index >= 15 is 0 Å². The molecule has 2 aromatic carbocycles. The van der Waals surface area contributed by atoms with Crippen molar-refractivity contribution in [1.82, 2.24) is 4.90 Å². The molecular weight excluding hydrogens is 346 g/mol. The Balaban J connectivity index is 1.42. The summed E-state index contributed by atoms with van der Waals surface area (Å²) < 4.78 is 10.6. The summed E-state index contributed by atoms with van der Waals surface area (Å²) in [7, 11) is 0. The minimum Gasteiger partial charge on any atom is -0.490 e. The van der Waals surface area contributed by atoms with Crippen LogP contribution in [0.4, 0.5) is 0 Å². The third-order valence-corrected chi connectivity index (χ3v) is 4.30. The summed E-state index contributed by atoms with van der Waals surface area (Å²) in [5.74, 6) is -0.507. The summed E-state index contributed by atoms with van der Waals surface area (Å²) in [5, 5.41) is 0. The smallest absolute Gasteiger partial charge is 0.307 e. The summed E-state index contributed by atoms with van der Waals surface area (Å²) in [4.78, 5) is 37.6. The highest BCUT2D eigenvalue weighted by molar-refractivity contribution is 6.21. The van der Waals surface area contributed by atoms with Gasteiger partial charge in [0.25, 0.3) is 11.8 Å². The Labute approximate surface area is 157 Å². The fourth-order valence-corrected chi connectivity index (χ4v) is 2.83. The molecule has 0 bridgehead atoms. The molecule has 1 heterocycles. The lowest BCUT2D eigenvalue weighted by molar-refractivity contribution is -0.144. The van der Waals surface area contributed by atoms with Crippen LogP contribution >= 0.6 is 0 Å². The zero-order valence-corrected chi connectivity index (χ0v) is 15.4. The molecule has 0 unspecified atom stereocenters. The molecule has 2 aromatic rings. The Bertz CT molecular complexity index is 873. The first-order chi connectivity index (χ1) is 13.0. The minimum absolute atomic E-state index is 0.00302. The van der Waals surface area contributed by atoms with E-state index in [2.05, 4.69) is 0 Å². The quantitative estimate of drug-likeness (QED) is 0.427. The number of amides is 2. The van der Waals surface area contributed by atoms with Crippen LogP contribution in [-0.2, 0) is 9.53 Å². The van der Waals surface area contributed by atoms with Gasteiger partial charge < -0.3 is 9.47 Å². The SMILES string of the molecule is Cc1ccc(OCCOC(=O)CCN2C(=O)c3ccc(C)cc3C2=O)cc1. The maximum absolute atomic E-state index is 12.3. The molecule has 6 heteroatoms. The fraction of sp³-hybridized carbons (Fsp3) is 0.286. The Morgan fingerprint density at radius 3 is 2.30 bits per heavy atom. The lowest BCUT2D eigenvalue weighted by Crippen LogP contribution is -2.32. The van der Waals surface area contributed by atoms with Gasteiger partial charge in [-0.3, -0.25) is 19.3 Å². The Morgan fingerprint density at radius 1 is 0.889 bits per heavy atom. The van der Waals surface area contributed by atoms with Crippen molar-refractivity contribution in [2.75, 3.05) is 19.8 Å². The lowest BCUT2D eigenvalue weighted by atomic mass is 10.1. The number of benzene rings is 2. The first-order valence-electron chi connectivity index (χ1n) is 8.77. The van der Waals surface area contributed by atoms with Crippen LogP contribution in [0.3, 0.4) is 0 Å². The van der Waals surface area contributed by atoms with E-state index in [4.69, 9.17) is 9.47 Å². The summed E-state index contributed by atoms with van der Waals surface area (Å²) in [6, 6.07) is 12.7. The van der Waals surface area contributed by atoms with Crippen molar-refractivity contribution >= 4 is 17.8 Å². The molecule has 0 aliphatic carbocycles. The predicted octanol–water partition coefficient (Wildman–Crippen LogP) is 2.91. The highest BCUT2D eigenvalue weighted by Gasteiger charge is 2.35. The van der Waals surface area contributed by atoms with Gasteiger partial charge in [-0.25, -0.2) is 0 Å². The number of carbonyl (C=O) groups is 3. The molecule has 6 nitrogen and oxygen atoms in total. The van der Waals surface area contributed by atoms with Crippen molar-refractivity contribution in [2.24, 2.45) is 0 Å². The van der Waals surface area contributed by atoms with Crippen molar-refractivity contribution < 1.29 is 23.9 Å². The number of imide groups is 1. The third kappa shape index (κ3) is 4.34. The number of fused-ring (bicyclic) bond motifs is 1. The molecule has 3 rings (SSSR count). The molecule has 1 aliphatic rings. The Morgan fingerprint density at radius 2 is 1.56 bits per heavy atom. The van der Waals surface area contributed by atoms with E-state index in [1.807, 2.05) is 38.1 Å². The molecule has 0 N–H and O–H groups in total. The number of esters is 1. The summed E-state index contributed by atoms with van der Waals surface area (Å²) in [5.41, 5.74) is 2.81. The minimum atomic E-state index is -0.477. The maximum Gasteiger partial charge on any atom is 0.307 e. The topological polar surface area (TPSA) is 72.9 Å². The molecule has 140 valence electrons. The molecule has 2 amide bonds.